The van der Waals surface area contributed by atoms with Crippen molar-refractivity contribution in [3.05, 3.63) is 122 Å². The van der Waals surface area contributed by atoms with E-state index in [9.17, 15) is 61.0 Å². The van der Waals surface area contributed by atoms with Gasteiger partial charge in [0.1, 0.15) is 73.2 Å². The highest BCUT2D eigenvalue weighted by atomic mass is 16.8. The molecule has 19 heteroatoms. The van der Waals surface area contributed by atoms with Crippen LogP contribution in [0, 0.1) is 0 Å². The molecule has 1 amide bonds. The number of aliphatic hydroxyl groups excluding tert-OH is 11. The topological polar surface area (TPSA) is 307 Å². The van der Waals surface area contributed by atoms with E-state index < -0.39 is 124 Å². The summed E-state index contributed by atoms with van der Waals surface area (Å²) in [7, 11) is 0. The van der Waals surface area contributed by atoms with Gasteiger partial charge in [0.25, 0.3) is 0 Å². The molecule has 0 radical (unpaired) electrons. The van der Waals surface area contributed by atoms with E-state index in [4.69, 9.17) is 28.4 Å². The van der Waals surface area contributed by atoms with Crippen molar-refractivity contribution in [2.45, 2.75) is 247 Å². The van der Waals surface area contributed by atoms with Crippen molar-refractivity contribution in [1.29, 1.82) is 0 Å². The van der Waals surface area contributed by atoms with E-state index in [1.165, 1.54) is 0 Å². The minimum atomic E-state index is -1.98. The average Bonchev–Trinajstić information content (AvgIpc) is 3.52. The Morgan fingerprint density at radius 3 is 1.27 bits per heavy atom. The summed E-state index contributed by atoms with van der Waals surface area (Å²) in [5.41, 5.74) is 0. The van der Waals surface area contributed by atoms with Crippen LogP contribution < -0.4 is 5.32 Å². The molecule has 3 aliphatic rings. The lowest BCUT2D eigenvalue weighted by Gasteiger charge is -2.48. The van der Waals surface area contributed by atoms with Crippen molar-refractivity contribution in [3.63, 3.8) is 0 Å². The molecule has 17 unspecified atom stereocenters. The summed E-state index contributed by atoms with van der Waals surface area (Å²) in [5.74, 6) is -0.300. The van der Waals surface area contributed by atoms with E-state index in [0.29, 0.717) is 19.3 Å². The van der Waals surface area contributed by atoms with E-state index in [2.05, 4.69) is 141 Å². The molecule has 0 aliphatic carbocycles. The molecule has 17 atom stereocenters. The lowest BCUT2D eigenvalue weighted by molar-refractivity contribution is -0.379. The van der Waals surface area contributed by atoms with Crippen molar-refractivity contribution >= 4 is 5.91 Å². The van der Waals surface area contributed by atoms with Gasteiger partial charge in [-0.3, -0.25) is 4.79 Å². The minimum absolute atomic E-state index is 0.200. The highest BCUT2D eigenvalue weighted by Crippen LogP contribution is 2.33. The first kappa shape index (κ1) is 73.4. The number of hydrogen-bond donors (Lipinski definition) is 12. The molecule has 3 fully saturated rings. The van der Waals surface area contributed by atoms with Crippen LogP contribution in [-0.4, -0.2) is 193 Å². The molecule has 3 heterocycles. The summed E-state index contributed by atoms with van der Waals surface area (Å²) < 4.78 is 34.1. The maximum absolute atomic E-state index is 13.2. The lowest BCUT2D eigenvalue weighted by Crippen LogP contribution is -2.66. The van der Waals surface area contributed by atoms with Crippen LogP contribution in [0.4, 0.5) is 0 Å². The Balaban J connectivity index is 1.36. The third-order valence-electron chi connectivity index (χ3n) is 14.3. The number of allylic oxidation sites excluding steroid dienone is 20. The van der Waals surface area contributed by atoms with Crippen LogP contribution in [-0.2, 0) is 33.2 Å². The van der Waals surface area contributed by atoms with E-state index >= 15 is 0 Å². The molecular weight excluding hydrogens is 1070 g/mol. The summed E-state index contributed by atoms with van der Waals surface area (Å²) in [4.78, 5) is 13.2. The predicted molar refractivity (Wildman–Crippen MR) is 318 cm³/mol. The zero-order valence-corrected chi connectivity index (χ0v) is 49.1. The normalized spacial score (nSPS) is 30.3. The summed E-state index contributed by atoms with van der Waals surface area (Å²) in [6.07, 6.45) is 33.8. The summed E-state index contributed by atoms with van der Waals surface area (Å²) in [6, 6.07) is -0.916. The molecule has 0 aromatic rings. The number of hydrogen-bond acceptors (Lipinski definition) is 18. The van der Waals surface area contributed by atoms with Gasteiger partial charge < -0.3 is 89.9 Å². The fourth-order valence-corrected chi connectivity index (χ4v) is 9.34. The van der Waals surface area contributed by atoms with Gasteiger partial charge in [0.15, 0.2) is 18.9 Å². The third kappa shape index (κ3) is 29.0. The number of nitrogens with one attached hydrogen (secondary N) is 1. The number of unbranched alkanes of at least 4 members (excludes halogenated alkanes) is 6. The molecular formula is C64H103NO18. The first-order valence-electron chi connectivity index (χ1n) is 30.3. The Bertz CT molecular complexity index is 1980. The Morgan fingerprint density at radius 2 is 0.831 bits per heavy atom. The van der Waals surface area contributed by atoms with Gasteiger partial charge in [-0.25, -0.2) is 0 Å². The summed E-state index contributed by atoms with van der Waals surface area (Å²) in [6.45, 7) is 1.49. The SMILES string of the molecule is CC/C=C\C/C=C\C/C=C\C/C=C\C/C=C\C/C=C\C/C=C\C/C=C\C/C=C\C/C=C\CCCCC(=O)NC(COC1OC(CO)C(OC2OC(CO)C(OC3OC(CO)C(O)C(O)C3O)C(O)C2O)C(O)C1O)C(O)CCCCCCC. The largest absolute Gasteiger partial charge is 0.394 e. The minimum Gasteiger partial charge on any atom is -0.394 e. The third-order valence-corrected chi connectivity index (χ3v) is 14.3. The number of rotatable bonds is 42. The van der Waals surface area contributed by atoms with Crippen LogP contribution in [0.2, 0.25) is 0 Å². The van der Waals surface area contributed by atoms with Gasteiger partial charge in [-0.1, -0.05) is 167 Å². The molecule has 3 rings (SSSR count). The molecule has 3 aliphatic heterocycles. The Labute approximate surface area is 493 Å². The molecule has 0 bridgehead atoms. The van der Waals surface area contributed by atoms with E-state index in [0.717, 1.165) is 103 Å². The second-order valence-electron chi connectivity index (χ2n) is 21.1. The van der Waals surface area contributed by atoms with Gasteiger partial charge in [-0.05, 0) is 89.9 Å². The van der Waals surface area contributed by atoms with Crippen LogP contribution in [0.15, 0.2) is 122 Å². The smallest absolute Gasteiger partial charge is 0.220 e. The first-order valence-corrected chi connectivity index (χ1v) is 30.3. The number of aliphatic hydroxyl groups is 11. The number of carbonyl (C=O) groups is 1. The van der Waals surface area contributed by atoms with Crippen LogP contribution in [0.3, 0.4) is 0 Å². The van der Waals surface area contributed by atoms with Crippen molar-refractivity contribution in [1.82, 2.24) is 5.32 Å². The summed E-state index contributed by atoms with van der Waals surface area (Å²) in [5, 5.41) is 120. The number of ether oxygens (including phenoxy) is 6. The zero-order valence-electron chi connectivity index (χ0n) is 49.1. The van der Waals surface area contributed by atoms with E-state index in [1.54, 1.807) is 0 Å². The van der Waals surface area contributed by atoms with E-state index in [-0.39, 0.29) is 18.9 Å². The molecule has 0 spiro atoms. The molecule has 3 saturated heterocycles. The Kier molecular flexibility index (Phi) is 40.3. The van der Waals surface area contributed by atoms with Crippen LogP contribution >= 0.6 is 0 Å². The van der Waals surface area contributed by atoms with Crippen molar-refractivity contribution in [2.24, 2.45) is 0 Å². The van der Waals surface area contributed by atoms with Gasteiger partial charge in [-0.2, -0.15) is 0 Å². The van der Waals surface area contributed by atoms with Gasteiger partial charge in [0.2, 0.25) is 5.91 Å². The predicted octanol–water partition coefficient (Wildman–Crippen LogP) is 5.70. The maximum Gasteiger partial charge on any atom is 0.220 e. The summed E-state index contributed by atoms with van der Waals surface area (Å²) >= 11 is 0. The van der Waals surface area contributed by atoms with Crippen LogP contribution in [0.5, 0.6) is 0 Å². The van der Waals surface area contributed by atoms with E-state index in [1.807, 2.05) is 0 Å². The fraction of sp³-hybridized carbons (Fsp3) is 0.672. The number of amides is 1. The molecule has 0 aromatic carbocycles. The molecule has 12 N–H and O–H groups in total. The lowest BCUT2D eigenvalue weighted by atomic mass is 9.96. The van der Waals surface area contributed by atoms with Crippen LogP contribution in [0.25, 0.3) is 0 Å². The second-order valence-corrected chi connectivity index (χ2v) is 21.1. The molecule has 83 heavy (non-hydrogen) atoms. The Morgan fingerprint density at radius 1 is 0.446 bits per heavy atom. The van der Waals surface area contributed by atoms with Crippen molar-refractivity contribution < 1.29 is 89.4 Å². The average molecular weight is 1170 g/mol. The Hall–Kier alpha value is -3.81. The molecule has 0 saturated carbocycles. The zero-order chi connectivity index (χ0) is 60.5. The molecule has 19 nitrogen and oxygen atoms in total. The monoisotopic (exact) mass is 1170 g/mol. The second kappa shape index (κ2) is 45.5. The van der Waals surface area contributed by atoms with Crippen LogP contribution in [0.1, 0.15) is 142 Å². The standard InChI is InChI=1S/C64H103NO18/c1-3-5-7-9-10-11-12-13-14-15-16-17-18-19-20-21-22-23-24-25-26-27-28-29-30-31-32-33-34-35-36-38-40-42-52(70)65-47(48(69)41-39-37-8-6-4-2)46-78-62-58(76)55(73)60(50(44-67)80-62)83-64-59(77)56(74)61(51(45-68)81-64)82-63-57(75)54(72)53(71)49(43-66)79-63/h5,7,10-11,13-14,16-17,19-20,22-23,25-26,28-29,31-32,34-35,47-51,53-64,66-69,71-77H,3-4,6,8-9,12,15,18,21,24,27,30,33,36-46H2,1-2H3,(H,65,70)/b7-5-,11-10-,14-13-,17-16-,20-19-,23-22-,26-25-,29-28-,32-31-,35-34-. The molecule has 472 valence electrons. The van der Waals surface area contributed by atoms with Crippen molar-refractivity contribution in [2.75, 3.05) is 26.4 Å². The first-order chi connectivity index (χ1) is 40.3. The van der Waals surface area contributed by atoms with Gasteiger partial charge in [0.05, 0.1) is 38.6 Å². The maximum atomic E-state index is 13.2. The fourth-order valence-electron chi connectivity index (χ4n) is 9.34. The van der Waals surface area contributed by atoms with Crippen molar-refractivity contribution in [3.8, 4) is 0 Å². The number of carbonyl (C=O) groups excluding carboxylic acids is 1. The van der Waals surface area contributed by atoms with Gasteiger partial charge >= 0.3 is 0 Å². The highest BCUT2D eigenvalue weighted by Gasteiger charge is 2.53. The molecule has 0 aromatic heterocycles. The quantitative estimate of drug-likeness (QED) is 0.0258. The van der Waals surface area contributed by atoms with Gasteiger partial charge in [0, 0.05) is 6.42 Å². The van der Waals surface area contributed by atoms with Gasteiger partial charge in [-0.15, -0.1) is 0 Å². The highest BCUT2D eigenvalue weighted by molar-refractivity contribution is 5.76.